The van der Waals surface area contributed by atoms with Crippen LogP contribution < -0.4 is 10.1 Å². The molecule has 1 N–H and O–H groups in total. The van der Waals surface area contributed by atoms with Crippen molar-refractivity contribution in [1.82, 2.24) is 4.98 Å². The first-order valence-corrected chi connectivity index (χ1v) is 11.2. The molecular formula is C17H16N2O4S3. The van der Waals surface area contributed by atoms with E-state index in [1.165, 1.54) is 30.6 Å². The Labute approximate surface area is 159 Å². The fourth-order valence-corrected chi connectivity index (χ4v) is 5.01. The fraction of sp³-hybridized carbons (Fsp3) is 0.176. The van der Waals surface area contributed by atoms with Crippen LogP contribution in [-0.2, 0) is 14.6 Å². The van der Waals surface area contributed by atoms with E-state index in [4.69, 9.17) is 4.74 Å². The van der Waals surface area contributed by atoms with Crippen LogP contribution in [-0.4, -0.2) is 38.4 Å². The summed E-state index contributed by atoms with van der Waals surface area (Å²) in [7, 11) is -2.24. The van der Waals surface area contributed by atoms with E-state index in [-0.39, 0.29) is 4.90 Å². The standard InChI is InChI=1S/C17H16N2O4S3/c1-23-11-6-8-12(9-7-11)26(21,22)10-15(20)18-17-19-16-13(24-2)4-3-5-14(16)25-17/h3-9H,10H2,1-2H3,(H,18,19,20). The zero-order chi connectivity index (χ0) is 18.7. The minimum absolute atomic E-state index is 0.0717. The molecule has 0 aliphatic carbocycles. The molecule has 0 radical (unpaired) electrons. The average Bonchev–Trinajstić information content (AvgIpc) is 3.03. The summed E-state index contributed by atoms with van der Waals surface area (Å²) < 4.78 is 30.7. The summed E-state index contributed by atoms with van der Waals surface area (Å²) in [6, 6.07) is 11.7. The maximum atomic E-state index is 12.4. The highest BCUT2D eigenvalue weighted by molar-refractivity contribution is 7.98. The van der Waals surface area contributed by atoms with Crippen molar-refractivity contribution >= 4 is 54.2 Å². The third-order valence-corrected chi connectivity index (χ3v) is 6.93. The Morgan fingerprint density at radius 1 is 1.23 bits per heavy atom. The second-order valence-electron chi connectivity index (χ2n) is 5.31. The number of nitrogens with zero attached hydrogens (tertiary/aromatic N) is 1. The highest BCUT2D eigenvalue weighted by atomic mass is 32.2. The van der Waals surface area contributed by atoms with Gasteiger partial charge in [0.1, 0.15) is 11.5 Å². The molecule has 3 rings (SSSR count). The quantitative estimate of drug-likeness (QED) is 0.629. The van der Waals surface area contributed by atoms with Gasteiger partial charge >= 0.3 is 0 Å². The summed E-state index contributed by atoms with van der Waals surface area (Å²) in [5, 5.41) is 2.97. The van der Waals surface area contributed by atoms with E-state index in [9.17, 15) is 13.2 Å². The van der Waals surface area contributed by atoms with Crippen molar-refractivity contribution in [3.63, 3.8) is 0 Å². The van der Waals surface area contributed by atoms with Gasteiger partial charge in [-0.15, -0.1) is 11.8 Å². The van der Waals surface area contributed by atoms with Crippen LogP contribution in [0.1, 0.15) is 0 Å². The molecule has 136 valence electrons. The molecule has 0 saturated carbocycles. The zero-order valence-electron chi connectivity index (χ0n) is 14.1. The van der Waals surface area contributed by atoms with E-state index in [1.54, 1.807) is 23.9 Å². The van der Waals surface area contributed by atoms with Crippen molar-refractivity contribution < 1.29 is 17.9 Å². The van der Waals surface area contributed by atoms with Gasteiger partial charge in [-0.1, -0.05) is 17.4 Å². The number of ether oxygens (including phenoxy) is 1. The predicted molar refractivity (Wildman–Crippen MR) is 105 cm³/mol. The Kier molecular flexibility index (Phi) is 5.49. The molecule has 2 aromatic carbocycles. The monoisotopic (exact) mass is 408 g/mol. The Balaban J connectivity index is 1.75. The van der Waals surface area contributed by atoms with Gasteiger partial charge in [0.2, 0.25) is 5.91 Å². The molecule has 1 aromatic heterocycles. The number of rotatable bonds is 6. The summed E-state index contributed by atoms with van der Waals surface area (Å²) in [5.41, 5.74) is 0.804. The van der Waals surface area contributed by atoms with Gasteiger partial charge in [0.25, 0.3) is 0 Å². The van der Waals surface area contributed by atoms with Crippen molar-refractivity contribution in [1.29, 1.82) is 0 Å². The molecule has 0 aliphatic heterocycles. The summed E-state index contributed by atoms with van der Waals surface area (Å²) >= 11 is 2.88. The van der Waals surface area contributed by atoms with E-state index in [1.807, 2.05) is 24.5 Å². The number of para-hydroxylation sites is 1. The summed E-state index contributed by atoms with van der Waals surface area (Å²) in [6.07, 6.45) is 1.95. The highest BCUT2D eigenvalue weighted by Gasteiger charge is 2.20. The van der Waals surface area contributed by atoms with Crippen molar-refractivity contribution in [3.8, 4) is 5.75 Å². The minimum atomic E-state index is -3.74. The second-order valence-corrected chi connectivity index (χ2v) is 9.18. The number of thiazole rings is 1. The first-order chi connectivity index (χ1) is 12.4. The number of hydrogen-bond acceptors (Lipinski definition) is 7. The van der Waals surface area contributed by atoms with E-state index in [2.05, 4.69) is 10.3 Å². The molecule has 0 aliphatic rings. The topological polar surface area (TPSA) is 85.4 Å². The Morgan fingerprint density at radius 2 is 1.96 bits per heavy atom. The summed E-state index contributed by atoms with van der Waals surface area (Å²) in [6.45, 7) is 0. The van der Waals surface area contributed by atoms with Crippen molar-refractivity contribution in [3.05, 3.63) is 42.5 Å². The number of fused-ring (bicyclic) bond motifs is 1. The number of carbonyl (C=O) groups excluding carboxylic acids is 1. The number of hydrogen-bond donors (Lipinski definition) is 1. The van der Waals surface area contributed by atoms with Crippen molar-refractivity contribution in [2.75, 3.05) is 24.4 Å². The van der Waals surface area contributed by atoms with Crippen LogP contribution in [0.5, 0.6) is 5.75 Å². The molecule has 6 nitrogen and oxygen atoms in total. The fourth-order valence-electron chi connectivity index (χ4n) is 2.34. The Hall–Kier alpha value is -2.10. The van der Waals surface area contributed by atoms with Gasteiger partial charge in [-0.3, -0.25) is 4.79 Å². The van der Waals surface area contributed by atoms with E-state index >= 15 is 0 Å². The molecular weight excluding hydrogens is 392 g/mol. The zero-order valence-corrected chi connectivity index (χ0v) is 16.5. The lowest BCUT2D eigenvalue weighted by atomic mass is 10.3. The molecule has 0 spiro atoms. The lowest BCUT2D eigenvalue weighted by Crippen LogP contribution is -2.22. The highest BCUT2D eigenvalue weighted by Crippen LogP contribution is 2.32. The normalized spacial score (nSPS) is 11.5. The maximum Gasteiger partial charge on any atom is 0.241 e. The second kappa shape index (κ2) is 7.65. The number of carbonyl (C=O) groups is 1. The van der Waals surface area contributed by atoms with Gasteiger partial charge in [0.05, 0.1) is 22.2 Å². The van der Waals surface area contributed by atoms with Crippen molar-refractivity contribution in [2.45, 2.75) is 9.79 Å². The van der Waals surface area contributed by atoms with E-state index < -0.39 is 21.5 Å². The molecule has 9 heteroatoms. The number of anilines is 1. The molecule has 0 atom stereocenters. The SMILES string of the molecule is COc1ccc(S(=O)(=O)CC(=O)Nc2nc3c(SC)cccc3s2)cc1. The largest absolute Gasteiger partial charge is 0.497 e. The van der Waals surface area contributed by atoms with Gasteiger partial charge in [0, 0.05) is 4.90 Å². The Morgan fingerprint density at radius 3 is 2.62 bits per heavy atom. The third kappa shape index (κ3) is 4.00. The molecule has 0 bridgehead atoms. The third-order valence-electron chi connectivity index (χ3n) is 3.59. The number of sulfone groups is 1. The number of nitrogens with one attached hydrogen (secondary N) is 1. The average molecular weight is 409 g/mol. The van der Waals surface area contributed by atoms with E-state index in [0.717, 1.165) is 15.1 Å². The predicted octanol–water partition coefficient (Wildman–Crippen LogP) is 3.44. The maximum absolute atomic E-state index is 12.4. The molecule has 0 fully saturated rings. The van der Waals surface area contributed by atoms with Crippen LogP contribution in [0.25, 0.3) is 10.2 Å². The lowest BCUT2D eigenvalue weighted by molar-refractivity contribution is -0.113. The molecule has 0 saturated heterocycles. The molecule has 3 aromatic rings. The first kappa shape index (κ1) is 18.7. The summed E-state index contributed by atoms with van der Waals surface area (Å²) in [5.74, 6) is -0.719. The smallest absolute Gasteiger partial charge is 0.241 e. The van der Waals surface area contributed by atoms with Gasteiger partial charge in [0.15, 0.2) is 15.0 Å². The number of aromatic nitrogens is 1. The van der Waals surface area contributed by atoms with Gasteiger partial charge in [-0.05, 0) is 42.7 Å². The number of thioether (sulfide) groups is 1. The molecule has 1 amide bonds. The van der Waals surface area contributed by atoms with Gasteiger partial charge in [-0.2, -0.15) is 0 Å². The van der Waals surface area contributed by atoms with Crippen LogP contribution in [0.3, 0.4) is 0 Å². The molecule has 0 unspecified atom stereocenters. The van der Waals surface area contributed by atoms with Gasteiger partial charge in [-0.25, -0.2) is 13.4 Å². The number of methoxy groups -OCH3 is 1. The van der Waals surface area contributed by atoms with Crippen LogP contribution >= 0.6 is 23.1 Å². The van der Waals surface area contributed by atoms with Crippen molar-refractivity contribution in [2.24, 2.45) is 0 Å². The number of amides is 1. The van der Waals surface area contributed by atoms with Crippen LogP contribution in [0, 0.1) is 0 Å². The van der Waals surface area contributed by atoms with Crippen LogP contribution in [0.4, 0.5) is 5.13 Å². The summed E-state index contributed by atoms with van der Waals surface area (Å²) in [4.78, 5) is 17.7. The van der Waals surface area contributed by atoms with E-state index in [0.29, 0.717) is 10.9 Å². The van der Waals surface area contributed by atoms with Crippen LogP contribution in [0.2, 0.25) is 0 Å². The minimum Gasteiger partial charge on any atom is -0.497 e. The first-order valence-electron chi connectivity index (χ1n) is 7.53. The van der Waals surface area contributed by atoms with Crippen LogP contribution in [0.15, 0.2) is 52.3 Å². The lowest BCUT2D eigenvalue weighted by Gasteiger charge is -2.05. The Bertz CT molecular complexity index is 1040. The molecule has 1 heterocycles. The number of benzene rings is 2. The molecule has 26 heavy (non-hydrogen) atoms. The van der Waals surface area contributed by atoms with Gasteiger partial charge < -0.3 is 10.1 Å².